The molecule has 2 amide bonds. The molecule has 2 aromatic carbocycles. The molecule has 1 N–H and O–H groups in total. The third-order valence-corrected chi connectivity index (χ3v) is 6.34. The standard InChI is InChI=1S/C22H26N4O2S/c1-25(15-21-24-19-5-3-4-6-20(19)29-21)22(27)23-16-11-13-26(14-12-16)17-7-9-18(28-2)10-8-17/h3-10,16H,11-15H2,1-2H3,(H,23,27). The van der Waals surface area contributed by atoms with Crippen LogP contribution in [0.2, 0.25) is 0 Å². The average Bonchev–Trinajstić information content (AvgIpc) is 3.16. The average molecular weight is 411 g/mol. The van der Waals surface area contributed by atoms with Crippen molar-refractivity contribution in [2.24, 2.45) is 0 Å². The van der Waals surface area contributed by atoms with Crippen molar-refractivity contribution in [3.05, 3.63) is 53.5 Å². The fourth-order valence-corrected chi connectivity index (χ4v) is 4.64. The highest BCUT2D eigenvalue weighted by Crippen LogP contribution is 2.24. The number of carbonyl (C=O) groups excluding carboxylic acids is 1. The van der Waals surface area contributed by atoms with Gasteiger partial charge in [0, 0.05) is 31.9 Å². The van der Waals surface area contributed by atoms with Crippen LogP contribution in [0.3, 0.4) is 0 Å². The Balaban J connectivity index is 1.27. The van der Waals surface area contributed by atoms with Crippen molar-refractivity contribution in [1.29, 1.82) is 0 Å². The van der Waals surface area contributed by atoms with Crippen LogP contribution in [0.15, 0.2) is 48.5 Å². The van der Waals surface area contributed by atoms with Gasteiger partial charge in [-0.05, 0) is 49.2 Å². The molecule has 0 unspecified atom stereocenters. The predicted molar refractivity (Wildman–Crippen MR) is 118 cm³/mol. The van der Waals surface area contributed by atoms with E-state index in [0.29, 0.717) is 6.54 Å². The van der Waals surface area contributed by atoms with E-state index in [-0.39, 0.29) is 12.1 Å². The number of hydrogen-bond donors (Lipinski definition) is 1. The molecule has 1 fully saturated rings. The molecule has 29 heavy (non-hydrogen) atoms. The third kappa shape index (κ3) is 4.62. The predicted octanol–water partition coefficient (Wildman–Crippen LogP) is 4.12. The minimum atomic E-state index is -0.0350. The lowest BCUT2D eigenvalue weighted by Crippen LogP contribution is -2.48. The summed E-state index contributed by atoms with van der Waals surface area (Å²) in [5, 5.41) is 4.14. The maximum absolute atomic E-state index is 12.6. The van der Waals surface area contributed by atoms with Crippen LogP contribution in [0.5, 0.6) is 5.75 Å². The lowest BCUT2D eigenvalue weighted by Gasteiger charge is -2.34. The number of anilines is 1. The Morgan fingerprint density at radius 1 is 1.21 bits per heavy atom. The van der Waals surface area contributed by atoms with Crippen molar-refractivity contribution in [2.75, 3.05) is 32.1 Å². The van der Waals surface area contributed by atoms with E-state index in [1.54, 1.807) is 23.3 Å². The Bertz CT molecular complexity index is 931. The van der Waals surface area contributed by atoms with E-state index in [0.717, 1.165) is 46.9 Å². The Morgan fingerprint density at radius 3 is 2.62 bits per heavy atom. The van der Waals surface area contributed by atoms with Gasteiger partial charge >= 0.3 is 6.03 Å². The van der Waals surface area contributed by atoms with Crippen LogP contribution in [0, 0.1) is 0 Å². The fraction of sp³-hybridized carbons (Fsp3) is 0.364. The third-order valence-electron chi connectivity index (χ3n) is 5.32. The summed E-state index contributed by atoms with van der Waals surface area (Å²) in [5.41, 5.74) is 2.19. The number of urea groups is 1. The number of rotatable bonds is 5. The van der Waals surface area contributed by atoms with E-state index in [1.165, 1.54) is 5.69 Å². The van der Waals surface area contributed by atoms with Crippen molar-refractivity contribution in [3.63, 3.8) is 0 Å². The second-order valence-electron chi connectivity index (χ2n) is 7.34. The van der Waals surface area contributed by atoms with Gasteiger partial charge in [0.1, 0.15) is 10.8 Å². The van der Waals surface area contributed by atoms with Crippen molar-refractivity contribution in [2.45, 2.75) is 25.4 Å². The number of carbonyl (C=O) groups is 1. The number of piperidine rings is 1. The largest absolute Gasteiger partial charge is 0.497 e. The van der Waals surface area contributed by atoms with Gasteiger partial charge in [0.2, 0.25) is 0 Å². The van der Waals surface area contributed by atoms with E-state index >= 15 is 0 Å². The first-order chi connectivity index (χ1) is 14.1. The molecule has 3 aromatic rings. The van der Waals surface area contributed by atoms with Crippen molar-refractivity contribution in [3.8, 4) is 5.75 Å². The maximum Gasteiger partial charge on any atom is 0.317 e. The van der Waals surface area contributed by atoms with Crippen LogP contribution in [-0.2, 0) is 6.54 Å². The lowest BCUT2D eigenvalue weighted by atomic mass is 10.0. The molecule has 2 heterocycles. The number of methoxy groups -OCH3 is 1. The summed E-state index contributed by atoms with van der Waals surface area (Å²) in [6.45, 7) is 2.38. The number of hydrogen-bond acceptors (Lipinski definition) is 5. The molecule has 1 saturated heterocycles. The number of fused-ring (bicyclic) bond motifs is 1. The van der Waals surface area contributed by atoms with E-state index in [1.807, 2.05) is 37.4 Å². The van der Waals surface area contributed by atoms with Crippen LogP contribution in [0.4, 0.5) is 10.5 Å². The molecule has 0 aliphatic carbocycles. The highest BCUT2D eigenvalue weighted by molar-refractivity contribution is 7.18. The highest BCUT2D eigenvalue weighted by atomic mass is 32.1. The van der Waals surface area contributed by atoms with Crippen molar-refractivity contribution >= 4 is 33.3 Å². The van der Waals surface area contributed by atoms with E-state index in [2.05, 4.69) is 33.4 Å². The van der Waals surface area contributed by atoms with Gasteiger partial charge in [0.25, 0.3) is 0 Å². The quantitative estimate of drug-likeness (QED) is 0.688. The summed E-state index contributed by atoms with van der Waals surface area (Å²) in [7, 11) is 3.50. The molecule has 0 saturated carbocycles. The van der Waals surface area contributed by atoms with Gasteiger partial charge in [0.15, 0.2) is 0 Å². The van der Waals surface area contributed by atoms with Gasteiger partial charge in [-0.2, -0.15) is 0 Å². The monoisotopic (exact) mass is 410 g/mol. The molecule has 0 radical (unpaired) electrons. The van der Waals surface area contributed by atoms with Crippen LogP contribution in [0.1, 0.15) is 17.8 Å². The summed E-state index contributed by atoms with van der Waals surface area (Å²) < 4.78 is 6.38. The Kier molecular flexibility index (Phi) is 5.85. The summed E-state index contributed by atoms with van der Waals surface area (Å²) >= 11 is 1.64. The first-order valence-electron chi connectivity index (χ1n) is 9.87. The number of para-hydroxylation sites is 1. The second kappa shape index (κ2) is 8.69. The van der Waals surface area contributed by atoms with Crippen LogP contribution >= 0.6 is 11.3 Å². The number of nitrogens with zero attached hydrogens (tertiary/aromatic N) is 3. The highest BCUT2D eigenvalue weighted by Gasteiger charge is 2.22. The zero-order valence-electron chi connectivity index (χ0n) is 16.8. The molecule has 0 bridgehead atoms. The van der Waals surface area contributed by atoms with E-state index in [4.69, 9.17) is 4.74 Å². The van der Waals surface area contributed by atoms with Crippen molar-refractivity contribution in [1.82, 2.24) is 15.2 Å². The van der Waals surface area contributed by atoms with Gasteiger partial charge < -0.3 is 19.9 Å². The maximum atomic E-state index is 12.6. The summed E-state index contributed by atoms with van der Waals surface area (Å²) in [6.07, 6.45) is 1.87. The van der Waals surface area contributed by atoms with Gasteiger partial charge in [-0.1, -0.05) is 12.1 Å². The van der Waals surface area contributed by atoms with Crippen LogP contribution in [0.25, 0.3) is 10.2 Å². The molecule has 1 aromatic heterocycles. The molecule has 6 nitrogen and oxygen atoms in total. The van der Waals surface area contributed by atoms with Gasteiger partial charge in [-0.25, -0.2) is 9.78 Å². The summed E-state index contributed by atoms with van der Waals surface area (Å²) in [6, 6.07) is 16.4. The number of nitrogens with one attached hydrogen (secondary N) is 1. The zero-order valence-corrected chi connectivity index (χ0v) is 17.6. The number of benzene rings is 2. The topological polar surface area (TPSA) is 57.7 Å². The Labute approximate surface area is 175 Å². The minimum Gasteiger partial charge on any atom is -0.497 e. The first-order valence-corrected chi connectivity index (χ1v) is 10.7. The lowest BCUT2D eigenvalue weighted by molar-refractivity contribution is 0.200. The Hall–Kier alpha value is -2.80. The molecule has 1 aliphatic rings. The Morgan fingerprint density at radius 2 is 1.93 bits per heavy atom. The summed E-state index contributed by atoms with van der Waals surface area (Å²) in [5.74, 6) is 0.868. The molecular weight excluding hydrogens is 384 g/mol. The number of aromatic nitrogens is 1. The smallest absolute Gasteiger partial charge is 0.317 e. The SMILES string of the molecule is COc1ccc(N2CCC(NC(=O)N(C)Cc3nc4ccccc4s3)CC2)cc1. The van der Waals surface area contributed by atoms with E-state index in [9.17, 15) is 4.79 Å². The van der Waals surface area contributed by atoms with Gasteiger partial charge in [0.05, 0.1) is 23.9 Å². The fourth-order valence-electron chi connectivity index (χ4n) is 3.62. The molecule has 0 atom stereocenters. The first kappa shape index (κ1) is 19.5. The number of amides is 2. The number of ether oxygens (including phenoxy) is 1. The molecule has 1 aliphatic heterocycles. The van der Waals surface area contributed by atoms with E-state index < -0.39 is 0 Å². The number of thiazole rings is 1. The van der Waals surface area contributed by atoms with Crippen LogP contribution in [-0.4, -0.2) is 49.2 Å². The second-order valence-corrected chi connectivity index (χ2v) is 8.46. The zero-order chi connectivity index (χ0) is 20.2. The summed E-state index contributed by atoms with van der Waals surface area (Å²) in [4.78, 5) is 21.3. The molecule has 152 valence electrons. The van der Waals surface area contributed by atoms with Gasteiger partial charge in [-0.3, -0.25) is 0 Å². The minimum absolute atomic E-state index is 0.0350. The molecule has 4 rings (SSSR count). The normalized spacial score (nSPS) is 14.8. The van der Waals surface area contributed by atoms with Crippen molar-refractivity contribution < 1.29 is 9.53 Å². The molecular formula is C22H26N4O2S. The molecule has 0 spiro atoms. The molecule has 7 heteroatoms. The van der Waals surface area contributed by atoms with Crippen LogP contribution < -0.4 is 15.0 Å². The van der Waals surface area contributed by atoms with Gasteiger partial charge in [-0.15, -0.1) is 11.3 Å².